The van der Waals surface area contributed by atoms with E-state index in [0.29, 0.717) is 19.6 Å². The number of benzene rings is 1. The largest absolute Gasteiger partial charge is 0.409 e. The van der Waals surface area contributed by atoms with Gasteiger partial charge in [-0.25, -0.2) is 0 Å². The lowest BCUT2D eigenvalue weighted by molar-refractivity contribution is 0.0904. The van der Waals surface area contributed by atoms with Crippen LogP contribution >= 0.6 is 0 Å². The number of oxime groups is 1. The molecule has 0 fully saturated rings. The number of aliphatic hydroxyl groups excluding tert-OH is 1. The van der Waals surface area contributed by atoms with Crippen LogP contribution in [0.4, 0.5) is 0 Å². The molecular formula is C14H23N3O3. The molecule has 0 saturated heterocycles. The van der Waals surface area contributed by atoms with E-state index < -0.39 is 0 Å². The number of aliphatic hydroxyl groups is 1. The predicted octanol–water partition coefficient (Wildman–Crippen LogP) is 0.853. The molecule has 0 aliphatic heterocycles. The summed E-state index contributed by atoms with van der Waals surface area (Å²) in [5.41, 5.74) is 6.68. The van der Waals surface area contributed by atoms with Crippen molar-refractivity contribution in [1.29, 1.82) is 0 Å². The molecule has 5 N–H and O–H groups in total. The van der Waals surface area contributed by atoms with E-state index in [1.807, 2.05) is 30.3 Å². The lowest BCUT2D eigenvalue weighted by Crippen LogP contribution is -2.28. The van der Waals surface area contributed by atoms with Crippen LogP contribution in [0.1, 0.15) is 24.4 Å². The summed E-state index contributed by atoms with van der Waals surface area (Å²) < 4.78 is 5.19. The number of ether oxygens (including phenoxy) is 1. The van der Waals surface area contributed by atoms with Crippen LogP contribution in [0.2, 0.25) is 0 Å². The normalized spacial score (nSPS) is 13.3. The van der Waals surface area contributed by atoms with Gasteiger partial charge in [0.1, 0.15) is 5.84 Å². The van der Waals surface area contributed by atoms with Gasteiger partial charge in [-0.2, -0.15) is 0 Å². The fourth-order valence-electron chi connectivity index (χ4n) is 1.86. The first-order valence-electron chi connectivity index (χ1n) is 6.71. The molecule has 1 aromatic carbocycles. The Morgan fingerprint density at radius 3 is 2.70 bits per heavy atom. The average molecular weight is 281 g/mol. The third kappa shape index (κ3) is 6.51. The number of hydrogen-bond donors (Lipinski definition) is 4. The summed E-state index contributed by atoms with van der Waals surface area (Å²) in [6.07, 6.45) is 1.28. The molecule has 0 spiro atoms. The lowest BCUT2D eigenvalue weighted by Gasteiger charge is -2.18. The van der Waals surface area contributed by atoms with Crippen molar-refractivity contribution in [1.82, 2.24) is 5.32 Å². The van der Waals surface area contributed by atoms with E-state index in [2.05, 4.69) is 10.5 Å². The van der Waals surface area contributed by atoms with Gasteiger partial charge in [0.2, 0.25) is 0 Å². The Kier molecular flexibility index (Phi) is 8.37. The molecule has 0 aromatic heterocycles. The van der Waals surface area contributed by atoms with Crippen LogP contribution < -0.4 is 11.1 Å². The van der Waals surface area contributed by atoms with Crippen molar-refractivity contribution in [2.45, 2.75) is 18.9 Å². The molecule has 0 aliphatic rings. The Balaban J connectivity index is 2.43. The van der Waals surface area contributed by atoms with Gasteiger partial charge in [-0.1, -0.05) is 35.5 Å². The quantitative estimate of drug-likeness (QED) is 0.167. The van der Waals surface area contributed by atoms with Gasteiger partial charge in [-0.15, -0.1) is 0 Å². The third-order valence-corrected chi connectivity index (χ3v) is 2.84. The summed E-state index contributed by atoms with van der Waals surface area (Å²) in [5.74, 6) is 0.197. The second kappa shape index (κ2) is 10.2. The van der Waals surface area contributed by atoms with E-state index >= 15 is 0 Å². The van der Waals surface area contributed by atoms with Crippen molar-refractivity contribution in [3.63, 3.8) is 0 Å². The van der Waals surface area contributed by atoms with E-state index in [-0.39, 0.29) is 18.5 Å². The first kappa shape index (κ1) is 16.4. The smallest absolute Gasteiger partial charge is 0.141 e. The van der Waals surface area contributed by atoms with Gasteiger partial charge in [-0.05, 0) is 18.5 Å². The number of rotatable bonds is 10. The highest BCUT2D eigenvalue weighted by atomic mass is 16.5. The van der Waals surface area contributed by atoms with Crippen LogP contribution in [0.25, 0.3) is 0 Å². The molecule has 0 bridgehead atoms. The molecular weight excluding hydrogens is 258 g/mol. The van der Waals surface area contributed by atoms with Gasteiger partial charge in [0, 0.05) is 19.1 Å². The second-order valence-electron chi connectivity index (χ2n) is 4.40. The Morgan fingerprint density at radius 2 is 2.05 bits per heavy atom. The zero-order chi connectivity index (χ0) is 14.6. The molecule has 1 rings (SSSR count). The summed E-state index contributed by atoms with van der Waals surface area (Å²) >= 11 is 0. The molecule has 0 radical (unpaired) electrons. The van der Waals surface area contributed by atoms with Crippen molar-refractivity contribution < 1.29 is 15.1 Å². The van der Waals surface area contributed by atoms with E-state index in [4.69, 9.17) is 20.8 Å². The maximum atomic E-state index is 8.69. The molecule has 0 aliphatic carbocycles. The Morgan fingerprint density at radius 1 is 1.30 bits per heavy atom. The minimum atomic E-state index is 0.00458. The number of amidine groups is 1. The Labute approximate surface area is 119 Å². The molecule has 0 amide bonds. The zero-order valence-electron chi connectivity index (χ0n) is 11.5. The highest BCUT2D eigenvalue weighted by Gasteiger charge is 2.12. The minimum absolute atomic E-state index is 0.00458. The van der Waals surface area contributed by atoms with Crippen molar-refractivity contribution in [3.05, 3.63) is 35.9 Å². The molecule has 6 heteroatoms. The third-order valence-electron chi connectivity index (χ3n) is 2.84. The SMILES string of the molecule is N/C(CC(NCCCOCCO)c1ccccc1)=N/O. The van der Waals surface area contributed by atoms with Crippen LogP contribution in [0.15, 0.2) is 35.5 Å². The molecule has 6 nitrogen and oxygen atoms in total. The number of nitrogens with zero attached hydrogens (tertiary/aromatic N) is 1. The topological polar surface area (TPSA) is 100 Å². The van der Waals surface area contributed by atoms with Crippen molar-refractivity contribution in [2.24, 2.45) is 10.9 Å². The van der Waals surface area contributed by atoms with Crippen LogP contribution in [0, 0.1) is 0 Å². The summed E-state index contributed by atoms with van der Waals surface area (Å²) in [5, 5.41) is 23.7. The average Bonchev–Trinajstić information content (AvgIpc) is 2.50. The monoisotopic (exact) mass is 281 g/mol. The predicted molar refractivity (Wildman–Crippen MR) is 77.7 cm³/mol. The Hall–Kier alpha value is -1.63. The zero-order valence-corrected chi connectivity index (χ0v) is 11.5. The second-order valence-corrected chi connectivity index (χ2v) is 4.40. The summed E-state index contributed by atoms with van der Waals surface area (Å²) in [4.78, 5) is 0. The van der Waals surface area contributed by atoms with Gasteiger partial charge in [0.05, 0.1) is 13.2 Å². The molecule has 0 saturated carbocycles. The fraction of sp³-hybridized carbons (Fsp3) is 0.500. The number of nitrogens with two attached hydrogens (primary N) is 1. The summed E-state index contributed by atoms with van der Waals surface area (Å²) in [6.45, 7) is 1.76. The number of hydrogen-bond acceptors (Lipinski definition) is 5. The minimum Gasteiger partial charge on any atom is -0.409 e. The first-order chi connectivity index (χ1) is 9.77. The van der Waals surface area contributed by atoms with Crippen molar-refractivity contribution in [2.75, 3.05) is 26.4 Å². The van der Waals surface area contributed by atoms with Gasteiger partial charge >= 0.3 is 0 Å². The molecule has 0 heterocycles. The van der Waals surface area contributed by atoms with E-state index in [1.165, 1.54) is 0 Å². The summed E-state index contributed by atoms with van der Waals surface area (Å²) in [6, 6.07) is 9.88. The number of nitrogens with one attached hydrogen (secondary N) is 1. The van der Waals surface area contributed by atoms with Crippen LogP contribution in [0.3, 0.4) is 0 Å². The summed E-state index contributed by atoms with van der Waals surface area (Å²) in [7, 11) is 0. The maximum Gasteiger partial charge on any atom is 0.141 e. The van der Waals surface area contributed by atoms with Crippen LogP contribution in [-0.2, 0) is 4.74 Å². The highest BCUT2D eigenvalue weighted by molar-refractivity contribution is 5.80. The Bertz CT molecular complexity index is 385. The van der Waals surface area contributed by atoms with E-state index in [1.54, 1.807) is 0 Å². The fourth-order valence-corrected chi connectivity index (χ4v) is 1.86. The first-order valence-corrected chi connectivity index (χ1v) is 6.71. The van der Waals surface area contributed by atoms with Crippen LogP contribution in [-0.4, -0.2) is 42.5 Å². The molecule has 112 valence electrons. The van der Waals surface area contributed by atoms with Crippen molar-refractivity contribution >= 4 is 5.84 Å². The van der Waals surface area contributed by atoms with Crippen LogP contribution in [0.5, 0.6) is 0 Å². The lowest BCUT2D eigenvalue weighted by atomic mass is 10.0. The molecule has 1 atom stereocenters. The van der Waals surface area contributed by atoms with E-state index in [0.717, 1.165) is 18.5 Å². The maximum absolute atomic E-state index is 8.69. The van der Waals surface area contributed by atoms with Gasteiger partial charge in [0.15, 0.2) is 0 Å². The van der Waals surface area contributed by atoms with Crippen molar-refractivity contribution in [3.8, 4) is 0 Å². The molecule has 1 unspecified atom stereocenters. The van der Waals surface area contributed by atoms with Gasteiger partial charge < -0.3 is 26.1 Å². The van der Waals surface area contributed by atoms with Gasteiger partial charge in [-0.3, -0.25) is 0 Å². The standard InChI is InChI=1S/C14H23N3O3/c15-14(17-19)11-13(12-5-2-1-3-6-12)16-7-4-9-20-10-8-18/h1-3,5-6,13,16,18-19H,4,7-11H2,(H2,15,17). The molecule has 1 aromatic rings. The van der Waals surface area contributed by atoms with Gasteiger partial charge in [0.25, 0.3) is 0 Å². The highest BCUT2D eigenvalue weighted by Crippen LogP contribution is 2.16. The van der Waals surface area contributed by atoms with E-state index in [9.17, 15) is 0 Å². The molecule has 20 heavy (non-hydrogen) atoms.